The van der Waals surface area contributed by atoms with Gasteiger partial charge in [-0.2, -0.15) is 0 Å². The largest absolute Gasteiger partial charge is 0.497 e. The van der Waals surface area contributed by atoms with Crippen molar-refractivity contribution in [3.8, 4) is 5.75 Å². The summed E-state index contributed by atoms with van der Waals surface area (Å²) in [6.07, 6.45) is 0. The predicted molar refractivity (Wildman–Crippen MR) is 117 cm³/mol. The number of benzene rings is 2. The van der Waals surface area contributed by atoms with Gasteiger partial charge in [-0.05, 0) is 42.0 Å². The number of carboxylic acid groups (broad SMARTS) is 1. The summed E-state index contributed by atoms with van der Waals surface area (Å²) < 4.78 is 10.8. The predicted octanol–water partition coefficient (Wildman–Crippen LogP) is 4.02. The van der Waals surface area contributed by atoms with Crippen LogP contribution in [0.5, 0.6) is 5.75 Å². The number of anilines is 3. The summed E-state index contributed by atoms with van der Waals surface area (Å²) in [6, 6.07) is 16.1. The molecule has 0 spiro atoms. The lowest BCUT2D eigenvalue weighted by molar-refractivity contribution is 0.0691. The van der Waals surface area contributed by atoms with Gasteiger partial charge in [0.2, 0.25) is 0 Å². The van der Waals surface area contributed by atoms with Crippen LogP contribution in [0.25, 0.3) is 0 Å². The van der Waals surface area contributed by atoms with E-state index in [1.807, 2.05) is 41.3 Å². The highest BCUT2D eigenvalue weighted by Crippen LogP contribution is 2.32. The molecule has 0 amide bonds. The number of aromatic nitrogens is 1. The zero-order chi connectivity index (χ0) is 20.9. The standard InChI is InChI=1S/C22H23N3O4S/c1-28-19-4-2-3-16(13-19)14-25(22-23-20(15-30-22)21(26)27)18-7-5-17(6-8-18)24-9-11-29-12-10-24/h2-8,13,15H,9-12,14H2,1H3,(H,26,27). The Kier molecular flexibility index (Phi) is 6.15. The molecular formula is C22H23N3O4S. The molecule has 1 fully saturated rings. The van der Waals surface area contributed by atoms with E-state index in [0.29, 0.717) is 11.7 Å². The number of thiazole rings is 1. The van der Waals surface area contributed by atoms with Crippen LogP contribution in [0.1, 0.15) is 16.1 Å². The van der Waals surface area contributed by atoms with E-state index in [4.69, 9.17) is 9.47 Å². The molecule has 4 rings (SSSR count). The van der Waals surface area contributed by atoms with Crippen molar-refractivity contribution in [2.24, 2.45) is 0 Å². The van der Waals surface area contributed by atoms with Crippen LogP contribution in [0, 0.1) is 0 Å². The Labute approximate surface area is 179 Å². The van der Waals surface area contributed by atoms with Crippen LogP contribution < -0.4 is 14.5 Å². The second-order valence-corrected chi connectivity index (χ2v) is 7.71. The molecule has 2 aromatic carbocycles. The van der Waals surface area contributed by atoms with Crippen molar-refractivity contribution in [1.82, 2.24) is 4.98 Å². The van der Waals surface area contributed by atoms with Gasteiger partial charge in [-0.1, -0.05) is 12.1 Å². The Balaban J connectivity index is 1.64. The third kappa shape index (κ3) is 4.55. The fourth-order valence-corrected chi connectivity index (χ4v) is 4.19. The third-order valence-electron chi connectivity index (χ3n) is 4.95. The molecule has 0 saturated carbocycles. The van der Waals surface area contributed by atoms with Crippen molar-refractivity contribution in [2.45, 2.75) is 6.54 Å². The fourth-order valence-electron chi connectivity index (χ4n) is 3.37. The number of morpholine rings is 1. The Morgan fingerprint density at radius 3 is 2.67 bits per heavy atom. The van der Waals surface area contributed by atoms with Gasteiger partial charge >= 0.3 is 5.97 Å². The van der Waals surface area contributed by atoms with Gasteiger partial charge in [0.15, 0.2) is 10.8 Å². The minimum atomic E-state index is -1.03. The van der Waals surface area contributed by atoms with Crippen molar-refractivity contribution in [1.29, 1.82) is 0 Å². The molecule has 0 atom stereocenters. The van der Waals surface area contributed by atoms with Gasteiger partial charge in [0, 0.05) is 29.8 Å². The third-order valence-corrected chi connectivity index (χ3v) is 5.82. The fraction of sp³-hybridized carbons (Fsp3) is 0.273. The zero-order valence-corrected chi connectivity index (χ0v) is 17.5. The van der Waals surface area contributed by atoms with Crippen LogP contribution in [-0.4, -0.2) is 49.5 Å². The number of carbonyl (C=O) groups is 1. The lowest BCUT2D eigenvalue weighted by atomic mass is 10.2. The number of rotatable bonds is 7. The molecule has 0 bridgehead atoms. The van der Waals surface area contributed by atoms with Gasteiger partial charge in [-0.15, -0.1) is 11.3 Å². The summed E-state index contributed by atoms with van der Waals surface area (Å²) in [5, 5.41) is 11.5. The summed E-state index contributed by atoms with van der Waals surface area (Å²) in [7, 11) is 1.64. The first-order chi connectivity index (χ1) is 14.6. The molecule has 3 aromatic rings. The number of ether oxygens (including phenoxy) is 2. The van der Waals surface area contributed by atoms with E-state index in [9.17, 15) is 9.90 Å². The van der Waals surface area contributed by atoms with Gasteiger partial charge in [0.25, 0.3) is 0 Å². The molecule has 0 unspecified atom stereocenters. The maximum Gasteiger partial charge on any atom is 0.355 e. The van der Waals surface area contributed by atoms with Crippen molar-refractivity contribution >= 4 is 33.8 Å². The first-order valence-corrected chi connectivity index (χ1v) is 10.5. The molecule has 0 aliphatic carbocycles. The molecule has 156 valence electrons. The highest BCUT2D eigenvalue weighted by atomic mass is 32.1. The molecule has 1 aliphatic rings. The van der Waals surface area contributed by atoms with E-state index in [1.54, 1.807) is 12.5 Å². The summed E-state index contributed by atoms with van der Waals surface area (Å²) in [4.78, 5) is 20.0. The maximum atomic E-state index is 11.3. The number of carboxylic acids is 1. The maximum absolute atomic E-state index is 11.3. The lowest BCUT2D eigenvalue weighted by Crippen LogP contribution is -2.36. The first kappa shape index (κ1) is 20.2. The zero-order valence-electron chi connectivity index (χ0n) is 16.7. The number of nitrogens with zero attached hydrogens (tertiary/aromatic N) is 3. The van der Waals surface area contributed by atoms with E-state index in [0.717, 1.165) is 49.0 Å². The quantitative estimate of drug-likeness (QED) is 0.613. The average Bonchev–Trinajstić information content (AvgIpc) is 3.29. The minimum absolute atomic E-state index is 0.0515. The van der Waals surface area contributed by atoms with E-state index in [1.165, 1.54) is 11.3 Å². The molecule has 1 saturated heterocycles. The molecule has 30 heavy (non-hydrogen) atoms. The summed E-state index contributed by atoms with van der Waals surface area (Å²) in [5.41, 5.74) is 3.18. The molecule has 2 heterocycles. The van der Waals surface area contributed by atoms with Crippen molar-refractivity contribution in [3.63, 3.8) is 0 Å². The highest BCUT2D eigenvalue weighted by Gasteiger charge is 2.18. The van der Waals surface area contributed by atoms with Crippen molar-refractivity contribution in [3.05, 3.63) is 65.2 Å². The molecular weight excluding hydrogens is 402 g/mol. The smallest absolute Gasteiger partial charge is 0.355 e. The monoisotopic (exact) mass is 425 g/mol. The normalized spacial score (nSPS) is 13.8. The van der Waals surface area contributed by atoms with E-state index >= 15 is 0 Å². The van der Waals surface area contributed by atoms with Crippen LogP contribution in [0.3, 0.4) is 0 Å². The van der Waals surface area contributed by atoms with E-state index in [2.05, 4.69) is 22.0 Å². The SMILES string of the molecule is COc1cccc(CN(c2ccc(N3CCOCC3)cc2)c2nc(C(=O)O)cs2)c1. The molecule has 0 radical (unpaired) electrons. The second-order valence-electron chi connectivity index (χ2n) is 6.87. The Morgan fingerprint density at radius 2 is 2.00 bits per heavy atom. The summed E-state index contributed by atoms with van der Waals surface area (Å²) in [6.45, 7) is 3.77. The van der Waals surface area contributed by atoms with Gasteiger partial charge < -0.3 is 24.4 Å². The molecule has 1 aliphatic heterocycles. The van der Waals surface area contributed by atoms with E-state index < -0.39 is 5.97 Å². The summed E-state index contributed by atoms with van der Waals surface area (Å²) >= 11 is 1.32. The van der Waals surface area contributed by atoms with Crippen LogP contribution in [-0.2, 0) is 11.3 Å². The van der Waals surface area contributed by atoms with Gasteiger partial charge in [-0.25, -0.2) is 9.78 Å². The van der Waals surface area contributed by atoms with E-state index in [-0.39, 0.29) is 5.69 Å². The number of hydrogen-bond donors (Lipinski definition) is 1. The minimum Gasteiger partial charge on any atom is -0.497 e. The number of aromatic carboxylic acids is 1. The van der Waals surface area contributed by atoms with Gasteiger partial charge in [-0.3, -0.25) is 0 Å². The number of methoxy groups -OCH3 is 1. The number of hydrogen-bond acceptors (Lipinski definition) is 7. The summed E-state index contributed by atoms with van der Waals surface area (Å²) in [5.74, 6) is -0.248. The van der Waals surface area contributed by atoms with Crippen LogP contribution >= 0.6 is 11.3 Å². The van der Waals surface area contributed by atoms with Crippen LogP contribution in [0.15, 0.2) is 53.9 Å². The molecule has 8 heteroatoms. The first-order valence-electron chi connectivity index (χ1n) is 9.66. The lowest BCUT2D eigenvalue weighted by Gasteiger charge is -2.29. The van der Waals surface area contributed by atoms with Crippen molar-refractivity contribution < 1.29 is 19.4 Å². The molecule has 1 N–H and O–H groups in total. The van der Waals surface area contributed by atoms with Gasteiger partial charge in [0.05, 0.1) is 26.9 Å². The van der Waals surface area contributed by atoms with Crippen molar-refractivity contribution in [2.75, 3.05) is 43.2 Å². The Hall–Kier alpha value is -3.10. The topological polar surface area (TPSA) is 75.1 Å². The van der Waals surface area contributed by atoms with Crippen LogP contribution in [0.2, 0.25) is 0 Å². The van der Waals surface area contributed by atoms with Crippen LogP contribution in [0.4, 0.5) is 16.5 Å². The molecule has 1 aromatic heterocycles. The van der Waals surface area contributed by atoms with Gasteiger partial charge in [0.1, 0.15) is 5.75 Å². The highest BCUT2D eigenvalue weighted by molar-refractivity contribution is 7.14. The molecule has 7 nitrogen and oxygen atoms in total. The average molecular weight is 426 g/mol. The second kappa shape index (κ2) is 9.15. The Bertz CT molecular complexity index is 1000. The Morgan fingerprint density at radius 1 is 1.23 bits per heavy atom.